The van der Waals surface area contributed by atoms with Crippen molar-refractivity contribution < 1.29 is 0 Å². The van der Waals surface area contributed by atoms with Gasteiger partial charge in [-0.3, -0.25) is 4.68 Å². The number of rotatable bonds is 6. The monoisotopic (exact) mass is 347 g/mol. The number of hydrogen-bond donors (Lipinski definition) is 1. The maximum atomic E-state index is 4.62. The van der Waals surface area contributed by atoms with Crippen LogP contribution in [0.25, 0.3) is 0 Å². The Balaban J connectivity index is 1.80. The fraction of sp³-hybridized carbons (Fsp3) is 0.471. The first kappa shape index (κ1) is 14.8. The zero-order chi connectivity index (χ0) is 14.8. The maximum absolute atomic E-state index is 4.62. The average molecular weight is 348 g/mol. The minimum Gasteiger partial charge on any atom is -0.310 e. The molecular weight excluding hydrogens is 326 g/mol. The van der Waals surface area contributed by atoms with Crippen molar-refractivity contribution in [1.29, 1.82) is 0 Å². The van der Waals surface area contributed by atoms with Gasteiger partial charge in [0.15, 0.2) is 0 Å². The summed E-state index contributed by atoms with van der Waals surface area (Å²) in [4.78, 5) is 0. The van der Waals surface area contributed by atoms with E-state index in [-0.39, 0.29) is 0 Å². The third-order valence-corrected chi connectivity index (χ3v) is 4.38. The molecule has 3 nitrogen and oxygen atoms in total. The minimum atomic E-state index is 0.482. The van der Waals surface area contributed by atoms with Crippen LogP contribution in [0.15, 0.2) is 34.9 Å². The molecule has 1 saturated carbocycles. The number of nitrogens with zero attached hydrogens (tertiary/aromatic N) is 2. The van der Waals surface area contributed by atoms with Gasteiger partial charge in [0.2, 0.25) is 0 Å². The number of benzene rings is 1. The first-order valence-corrected chi connectivity index (χ1v) is 8.45. The molecule has 21 heavy (non-hydrogen) atoms. The van der Waals surface area contributed by atoms with Crippen molar-refractivity contribution in [1.82, 2.24) is 15.1 Å². The molecule has 2 aromatic rings. The molecule has 4 heteroatoms. The van der Waals surface area contributed by atoms with Crippen LogP contribution in [0.1, 0.15) is 49.4 Å². The van der Waals surface area contributed by atoms with Crippen molar-refractivity contribution in [3.05, 3.63) is 51.8 Å². The van der Waals surface area contributed by atoms with Crippen LogP contribution < -0.4 is 5.32 Å². The number of nitrogens with one attached hydrogen (secondary N) is 1. The molecule has 1 aromatic carbocycles. The van der Waals surface area contributed by atoms with Crippen LogP contribution >= 0.6 is 15.9 Å². The Labute approximate surface area is 134 Å². The highest BCUT2D eigenvalue weighted by Gasteiger charge is 2.22. The van der Waals surface area contributed by atoms with Gasteiger partial charge in [0.05, 0.1) is 12.7 Å². The van der Waals surface area contributed by atoms with Crippen molar-refractivity contribution in [2.24, 2.45) is 0 Å². The number of aromatic nitrogens is 2. The molecule has 0 spiro atoms. The molecular formula is C17H22BrN3. The van der Waals surface area contributed by atoms with Gasteiger partial charge in [-0.25, -0.2) is 0 Å². The summed E-state index contributed by atoms with van der Waals surface area (Å²) in [5, 5.41) is 8.22. The zero-order valence-corrected chi connectivity index (χ0v) is 14.2. The van der Waals surface area contributed by atoms with Crippen LogP contribution in [0.5, 0.6) is 0 Å². The maximum Gasteiger partial charge on any atom is 0.0663 e. The van der Waals surface area contributed by atoms with Gasteiger partial charge in [-0.15, -0.1) is 0 Å². The van der Waals surface area contributed by atoms with E-state index in [0.29, 0.717) is 5.92 Å². The van der Waals surface area contributed by atoms with E-state index < -0.39 is 0 Å². The SMILES string of the molecule is CC(C)c1c(CNC2CC2)cnn1Cc1cccc(Br)c1. The summed E-state index contributed by atoms with van der Waals surface area (Å²) >= 11 is 3.54. The van der Waals surface area contributed by atoms with E-state index in [1.165, 1.54) is 29.7 Å². The molecule has 0 aliphatic heterocycles. The van der Waals surface area contributed by atoms with E-state index in [0.717, 1.165) is 23.6 Å². The summed E-state index contributed by atoms with van der Waals surface area (Å²) in [7, 11) is 0. The third-order valence-electron chi connectivity index (χ3n) is 3.89. The van der Waals surface area contributed by atoms with Gasteiger partial charge in [0.25, 0.3) is 0 Å². The molecule has 0 radical (unpaired) electrons. The lowest BCUT2D eigenvalue weighted by atomic mass is 10.1. The normalized spacial score (nSPS) is 14.9. The highest BCUT2D eigenvalue weighted by atomic mass is 79.9. The second-order valence-electron chi connectivity index (χ2n) is 6.15. The Kier molecular flexibility index (Phi) is 4.45. The van der Waals surface area contributed by atoms with Gasteiger partial charge in [0.1, 0.15) is 0 Å². The minimum absolute atomic E-state index is 0.482. The van der Waals surface area contributed by atoms with Crippen molar-refractivity contribution in [3.63, 3.8) is 0 Å². The molecule has 1 aromatic heterocycles. The standard InChI is InChI=1S/C17H22BrN3/c1-12(2)17-14(9-19-16-6-7-16)10-20-21(17)11-13-4-3-5-15(18)8-13/h3-5,8,10,12,16,19H,6-7,9,11H2,1-2H3. The second-order valence-corrected chi connectivity index (χ2v) is 7.07. The lowest BCUT2D eigenvalue weighted by molar-refractivity contribution is 0.606. The Morgan fingerprint density at radius 3 is 2.86 bits per heavy atom. The molecule has 112 valence electrons. The van der Waals surface area contributed by atoms with Gasteiger partial charge < -0.3 is 5.32 Å². The topological polar surface area (TPSA) is 29.9 Å². The van der Waals surface area contributed by atoms with Gasteiger partial charge in [-0.2, -0.15) is 5.10 Å². The van der Waals surface area contributed by atoms with Crippen LogP contribution in [0, 0.1) is 0 Å². The van der Waals surface area contributed by atoms with E-state index in [1.807, 2.05) is 6.20 Å². The fourth-order valence-electron chi connectivity index (χ4n) is 2.71. The summed E-state index contributed by atoms with van der Waals surface area (Å²) < 4.78 is 3.27. The zero-order valence-electron chi connectivity index (χ0n) is 12.6. The fourth-order valence-corrected chi connectivity index (χ4v) is 3.16. The molecule has 0 amide bonds. The average Bonchev–Trinajstić information content (AvgIpc) is 3.17. The highest BCUT2D eigenvalue weighted by molar-refractivity contribution is 9.10. The summed E-state index contributed by atoms with van der Waals surface area (Å²) in [6.45, 7) is 6.26. The Hall–Kier alpha value is -1.13. The predicted molar refractivity (Wildman–Crippen MR) is 89.4 cm³/mol. The van der Waals surface area contributed by atoms with Gasteiger partial charge >= 0.3 is 0 Å². The number of halogens is 1. The summed E-state index contributed by atoms with van der Waals surface area (Å²) in [5.74, 6) is 0.482. The lowest BCUT2D eigenvalue weighted by Gasteiger charge is -2.13. The van der Waals surface area contributed by atoms with Gasteiger partial charge in [-0.05, 0) is 36.5 Å². The Morgan fingerprint density at radius 1 is 1.38 bits per heavy atom. The van der Waals surface area contributed by atoms with Crippen LogP contribution in [0.4, 0.5) is 0 Å². The first-order chi connectivity index (χ1) is 10.1. The van der Waals surface area contributed by atoms with Crippen LogP contribution in [-0.2, 0) is 13.1 Å². The largest absolute Gasteiger partial charge is 0.310 e. The Morgan fingerprint density at radius 2 is 2.19 bits per heavy atom. The molecule has 1 aliphatic rings. The van der Waals surface area contributed by atoms with Gasteiger partial charge in [-0.1, -0.05) is 41.9 Å². The molecule has 0 unspecified atom stereocenters. The summed E-state index contributed by atoms with van der Waals surface area (Å²) in [6.07, 6.45) is 4.68. The van der Waals surface area contributed by atoms with Crippen LogP contribution in [-0.4, -0.2) is 15.8 Å². The summed E-state index contributed by atoms with van der Waals surface area (Å²) in [5.41, 5.74) is 3.96. The van der Waals surface area contributed by atoms with E-state index >= 15 is 0 Å². The van der Waals surface area contributed by atoms with Crippen molar-refractivity contribution >= 4 is 15.9 Å². The van der Waals surface area contributed by atoms with E-state index in [4.69, 9.17) is 0 Å². The predicted octanol–water partition coefficient (Wildman–Crippen LogP) is 4.07. The molecule has 1 heterocycles. The van der Waals surface area contributed by atoms with Crippen molar-refractivity contribution in [2.45, 2.75) is 51.7 Å². The molecule has 1 fully saturated rings. The third kappa shape index (κ3) is 3.74. The first-order valence-electron chi connectivity index (χ1n) is 7.66. The lowest BCUT2D eigenvalue weighted by Crippen LogP contribution is -2.17. The van der Waals surface area contributed by atoms with Crippen LogP contribution in [0.3, 0.4) is 0 Å². The molecule has 0 atom stereocenters. The molecule has 1 N–H and O–H groups in total. The van der Waals surface area contributed by atoms with Crippen molar-refractivity contribution in [3.8, 4) is 0 Å². The van der Waals surface area contributed by atoms with E-state index in [2.05, 4.69) is 69.1 Å². The molecule has 0 bridgehead atoms. The number of hydrogen-bond acceptors (Lipinski definition) is 2. The van der Waals surface area contributed by atoms with Gasteiger partial charge in [0, 0.05) is 28.3 Å². The van der Waals surface area contributed by atoms with E-state index in [1.54, 1.807) is 0 Å². The highest BCUT2D eigenvalue weighted by Crippen LogP contribution is 2.24. The quantitative estimate of drug-likeness (QED) is 0.853. The Bertz CT molecular complexity index is 614. The molecule has 3 rings (SSSR count). The second kappa shape index (κ2) is 6.32. The molecule has 1 aliphatic carbocycles. The molecule has 0 saturated heterocycles. The smallest absolute Gasteiger partial charge is 0.0663 e. The van der Waals surface area contributed by atoms with Crippen LogP contribution in [0.2, 0.25) is 0 Å². The van der Waals surface area contributed by atoms with Crippen molar-refractivity contribution in [2.75, 3.05) is 0 Å². The summed E-state index contributed by atoms with van der Waals surface area (Å²) in [6, 6.07) is 9.18. The van der Waals surface area contributed by atoms with E-state index in [9.17, 15) is 0 Å².